The molecule has 27 heavy (non-hydrogen) atoms. The Labute approximate surface area is 157 Å². The van der Waals surface area contributed by atoms with Gasteiger partial charge in [0.1, 0.15) is 0 Å². The molecule has 0 fully saturated rings. The van der Waals surface area contributed by atoms with E-state index in [1.807, 2.05) is 41.9 Å². The first-order valence-electron chi connectivity index (χ1n) is 9.04. The molecule has 0 aliphatic rings. The maximum Gasteiger partial charge on any atom is 0.330 e. The summed E-state index contributed by atoms with van der Waals surface area (Å²) in [6, 6.07) is 10.1. The largest absolute Gasteiger partial charge is 0.330 e. The van der Waals surface area contributed by atoms with Crippen LogP contribution < -0.4 is 16.6 Å². The van der Waals surface area contributed by atoms with Gasteiger partial charge in [0.15, 0.2) is 0 Å². The molecule has 3 rings (SSSR count). The molecule has 3 aromatic rings. The van der Waals surface area contributed by atoms with Gasteiger partial charge in [-0.2, -0.15) is 5.10 Å². The number of benzene rings is 1. The molecule has 0 saturated heterocycles. The zero-order valence-electron chi connectivity index (χ0n) is 16.0. The summed E-state index contributed by atoms with van der Waals surface area (Å²) in [5.41, 5.74) is 3.34. The molecule has 0 spiro atoms. The van der Waals surface area contributed by atoms with Gasteiger partial charge in [0.2, 0.25) is 0 Å². The molecule has 2 heterocycles. The second kappa shape index (κ2) is 8.18. The second-order valence-corrected chi connectivity index (χ2v) is 6.71. The predicted octanol–water partition coefficient (Wildman–Crippen LogP) is 1.30. The number of nitrogens with zero attached hydrogens (tertiary/aromatic N) is 4. The Morgan fingerprint density at radius 2 is 1.78 bits per heavy atom. The van der Waals surface area contributed by atoms with Crippen LogP contribution in [-0.4, -0.2) is 25.5 Å². The maximum atomic E-state index is 12.1. The standard InChI is InChI=1S/C20H25N5O2/c1-15-16(14-25(22-15)18-9-5-4-6-10-18)8-7-11-21-12-17-13-23(2)20(27)24(3)19(17)26/h4-6,9-10,13-14,21H,7-8,11-12H2,1-3H3. The van der Waals surface area contributed by atoms with Crippen LogP contribution in [0.15, 0.2) is 52.3 Å². The molecular weight excluding hydrogens is 342 g/mol. The Kier molecular flexibility index (Phi) is 5.71. The lowest BCUT2D eigenvalue weighted by Gasteiger charge is -2.08. The summed E-state index contributed by atoms with van der Waals surface area (Å²) in [5.74, 6) is 0. The third-order valence-electron chi connectivity index (χ3n) is 4.65. The summed E-state index contributed by atoms with van der Waals surface area (Å²) in [6.07, 6.45) is 5.53. The van der Waals surface area contributed by atoms with E-state index in [-0.39, 0.29) is 11.2 Å². The van der Waals surface area contributed by atoms with Gasteiger partial charge in [0, 0.05) is 38.6 Å². The SMILES string of the molecule is Cc1nn(-c2ccccc2)cc1CCCNCc1cn(C)c(=O)n(C)c1=O. The fourth-order valence-corrected chi connectivity index (χ4v) is 3.09. The van der Waals surface area contributed by atoms with Crippen molar-refractivity contribution in [2.75, 3.05) is 6.54 Å². The number of aryl methyl sites for hydroxylation is 3. The molecule has 0 aliphatic heterocycles. The molecule has 0 atom stereocenters. The lowest BCUT2D eigenvalue weighted by Crippen LogP contribution is -2.39. The normalized spacial score (nSPS) is 11.1. The third kappa shape index (κ3) is 4.25. The average Bonchev–Trinajstić information content (AvgIpc) is 3.05. The minimum absolute atomic E-state index is 0.245. The fraction of sp³-hybridized carbons (Fsp3) is 0.350. The minimum Gasteiger partial charge on any atom is -0.312 e. The van der Waals surface area contributed by atoms with Crippen LogP contribution in [0.2, 0.25) is 0 Å². The van der Waals surface area contributed by atoms with Crippen molar-refractivity contribution in [3.63, 3.8) is 0 Å². The van der Waals surface area contributed by atoms with Crippen molar-refractivity contribution in [1.82, 2.24) is 24.2 Å². The summed E-state index contributed by atoms with van der Waals surface area (Å²) in [4.78, 5) is 23.8. The van der Waals surface area contributed by atoms with Gasteiger partial charge in [-0.1, -0.05) is 18.2 Å². The zero-order valence-corrected chi connectivity index (χ0v) is 16.0. The van der Waals surface area contributed by atoms with E-state index in [0.717, 1.165) is 35.3 Å². The Morgan fingerprint density at radius 1 is 1.04 bits per heavy atom. The van der Waals surface area contributed by atoms with Crippen LogP contribution in [0, 0.1) is 6.92 Å². The van der Waals surface area contributed by atoms with Gasteiger partial charge < -0.3 is 9.88 Å². The molecule has 0 unspecified atom stereocenters. The molecular formula is C20H25N5O2. The predicted molar refractivity (Wildman–Crippen MR) is 105 cm³/mol. The highest BCUT2D eigenvalue weighted by molar-refractivity contribution is 5.32. The van der Waals surface area contributed by atoms with Crippen LogP contribution in [0.5, 0.6) is 0 Å². The topological polar surface area (TPSA) is 73.8 Å². The molecule has 1 aromatic carbocycles. The van der Waals surface area contributed by atoms with E-state index >= 15 is 0 Å². The highest BCUT2D eigenvalue weighted by Crippen LogP contribution is 2.13. The molecule has 0 saturated carbocycles. The first-order chi connectivity index (χ1) is 13.0. The second-order valence-electron chi connectivity index (χ2n) is 6.71. The number of para-hydroxylation sites is 1. The van der Waals surface area contributed by atoms with Crippen molar-refractivity contribution in [2.45, 2.75) is 26.3 Å². The van der Waals surface area contributed by atoms with Crippen LogP contribution in [-0.2, 0) is 27.1 Å². The van der Waals surface area contributed by atoms with Crippen molar-refractivity contribution < 1.29 is 0 Å². The average molecular weight is 367 g/mol. The number of aromatic nitrogens is 4. The molecule has 0 amide bonds. The molecule has 0 bridgehead atoms. The van der Waals surface area contributed by atoms with E-state index in [4.69, 9.17) is 0 Å². The maximum absolute atomic E-state index is 12.1. The molecule has 0 aliphatic carbocycles. The van der Waals surface area contributed by atoms with E-state index < -0.39 is 0 Å². The van der Waals surface area contributed by atoms with Crippen LogP contribution in [0.3, 0.4) is 0 Å². The highest BCUT2D eigenvalue weighted by Gasteiger charge is 2.08. The first kappa shape index (κ1) is 18.8. The Bertz CT molecular complexity index is 1030. The van der Waals surface area contributed by atoms with Gasteiger partial charge in [-0.05, 0) is 44.0 Å². The monoisotopic (exact) mass is 367 g/mol. The quantitative estimate of drug-likeness (QED) is 0.639. The smallest absolute Gasteiger partial charge is 0.312 e. The highest BCUT2D eigenvalue weighted by atomic mass is 16.2. The van der Waals surface area contributed by atoms with Crippen molar-refractivity contribution in [1.29, 1.82) is 0 Å². The van der Waals surface area contributed by atoms with Crippen molar-refractivity contribution in [3.05, 3.63) is 80.4 Å². The Morgan fingerprint density at radius 3 is 2.52 bits per heavy atom. The van der Waals surface area contributed by atoms with Gasteiger partial charge >= 0.3 is 5.69 Å². The van der Waals surface area contributed by atoms with Crippen LogP contribution in [0.4, 0.5) is 0 Å². The first-order valence-corrected chi connectivity index (χ1v) is 9.04. The number of hydrogen-bond acceptors (Lipinski definition) is 4. The van der Waals surface area contributed by atoms with Crippen molar-refractivity contribution >= 4 is 0 Å². The van der Waals surface area contributed by atoms with E-state index in [2.05, 4.69) is 16.6 Å². The summed E-state index contributed by atoms with van der Waals surface area (Å²) >= 11 is 0. The lowest BCUT2D eigenvalue weighted by atomic mass is 10.1. The van der Waals surface area contributed by atoms with Crippen molar-refractivity contribution in [3.8, 4) is 5.69 Å². The molecule has 1 N–H and O–H groups in total. The van der Waals surface area contributed by atoms with Crippen LogP contribution in [0.1, 0.15) is 23.2 Å². The summed E-state index contributed by atoms with van der Waals surface area (Å²) in [7, 11) is 3.15. The summed E-state index contributed by atoms with van der Waals surface area (Å²) < 4.78 is 4.48. The van der Waals surface area contributed by atoms with E-state index in [9.17, 15) is 9.59 Å². The Balaban J connectivity index is 1.54. The molecule has 2 aromatic heterocycles. The summed E-state index contributed by atoms with van der Waals surface area (Å²) in [5, 5.41) is 7.88. The molecule has 7 heteroatoms. The van der Waals surface area contributed by atoms with Gasteiger partial charge in [-0.25, -0.2) is 9.48 Å². The third-order valence-corrected chi connectivity index (χ3v) is 4.65. The van der Waals surface area contributed by atoms with Crippen LogP contribution >= 0.6 is 0 Å². The Hall–Kier alpha value is -2.93. The van der Waals surface area contributed by atoms with Gasteiger partial charge in [0.25, 0.3) is 5.56 Å². The zero-order chi connectivity index (χ0) is 19.4. The van der Waals surface area contributed by atoms with E-state index in [0.29, 0.717) is 12.1 Å². The van der Waals surface area contributed by atoms with Crippen LogP contribution in [0.25, 0.3) is 5.69 Å². The van der Waals surface area contributed by atoms with E-state index in [1.54, 1.807) is 13.2 Å². The lowest BCUT2D eigenvalue weighted by molar-refractivity contribution is 0.614. The number of nitrogens with one attached hydrogen (secondary N) is 1. The van der Waals surface area contributed by atoms with E-state index in [1.165, 1.54) is 17.2 Å². The summed E-state index contributed by atoms with van der Waals surface area (Å²) in [6.45, 7) is 3.25. The van der Waals surface area contributed by atoms with Gasteiger partial charge in [-0.15, -0.1) is 0 Å². The molecule has 0 radical (unpaired) electrons. The van der Waals surface area contributed by atoms with Crippen molar-refractivity contribution in [2.24, 2.45) is 14.1 Å². The molecule has 142 valence electrons. The van der Waals surface area contributed by atoms with Gasteiger partial charge in [-0.3, -0.25) is 9.36 Å². The number of rotatable bonds is 7. The minimum atomic E-state index is -0.311. The fourth-order valence-electron chi connectivity index (χ4n) is 3.09. The van der Waals surface area contributed by atoms with Gasteiger partial charge in [0.05, 0.1) is 11.4 Å². The molecule has 7 nitrogen and oxygen atoms in total. The number of hydrogen-bond donors (Lipinski definition) is 1.